The number of carbonyl (C=O) groups is 2. The molecule has 6 heteroatoms. The van der Waals surface area contributed by atoms with Crippen LogP contribution in [0.25, 0.3) is 0 Å². The van der Waals surface area contributed by atoms with Gasteiger partial charge in [-0.2, -0.15) is 0 Å². The number of carboxylic acids is 1. The molecule has 0 spiro atoms. The second kappa shape index (κ2) is 6.70. The molecule has 1 rings (SSSR count). The van der Waals surface area contributed by atoms with Gasteiger partial charge in [-0.3, -0.25) is 14.6 Å². The van der Waals surface area contributed by atoms with E-state index in [1.54, 1.807) is 0 Å². The van der Waals surface area contributed by atoms with Gasteiger partial charge in [0.05, 0.1) is 0 Å². The van der Waals surface area contributed by atoms with Crippen molar-refractivity contribution in [3.05, 3.63) is 0 Å². The van der Waals surface area contributed by atoms with Crippen LogP contribution in [0.5, 0.6) is 0 Å². The van der Waals surface area contributed by atoms with Crippen molar-refractivity contribution in [3.63, 3.8) is 0 Å². The fourth-order valence-electron chi connectivity index (χ4n) is 2.15. The van der Waals surface area contributed by atoms with Crippen molar-refractivity contribution in [3.8, 4) is 0 Å². The average Bonchev–Trinajstić information content (AvgIpc) is 2.28. The molecule has 0 aromatic rings. The standard InChI is InChI=1S/C12H23N3O3/c1-9(2)15-6-4-14(5-7-15)8-11(12(17)18)13-10(3)16/h9,11H,4-8H2,1-3H3,(H,13,16)(H,17,18). The monoisotopic (exact) mass is 257 g/mol. The van der Waals surface area contributed by atoms with Crippen LogP contribution in [0.3, 0.4) is 0 Å². The summed E-state index contributed by atoms with van der Waals surface area (Å²) in [5.74, 6) is -1.28. The van der Waals surface area contributed by atoms with Crippen LogP contribution in [0.1, 0.15) is 20.8 Å². The van der Waals surface area contributed by atoms with Gasteiger partial charge in [0.1, 0.15) is 6.04 Å². The second-order valence-corrected chi connectivity index (χ2v) is 5.02. The molecule has 1 fully saturated rings. The van der Waals surface area contributed by atoms with Crippen molar-refractivity contribution in [2.24, 2.45) is 0 Å². The molecule has 1 heterocycles. The molecular formula is C12H23N3O3. The molecule has 2 N–H and O–H groups in total. The van der Waals surface area contributed by atoms with Gasteiger partial charge in [0.25, 0.3) is 0 Å². The molecule has 1 amide bonds. The predicted molar refractivity (Wildman–Crippen MR) is 68.4 cm³/mol. The Hall–Kier alpha value is -1.14. The van der Waals surface area contributed by atoms with Crippen molar-refractivity contribution in [1.29, 1.82) is 0 Å². The highest BCUT2D eigenvalue weighted by Gasteiger charge is 2.25. The quantitative estimate of drug-likeness (QED) is 0.701. The normalized spacial score (nSPS) is 19.8. The van der Waals surface area contributed by atoms with E-state index in [0.29, 0.717) is 12.6 Å². The molecule has 1 atom stereocenters. The minimum absolute atomic E-state index is 0.303. The second-order valence-electron chi connectivity index (χ2n) is 5.02. The van der Waals surface area contributed by atoms with E-state index in [-0.39, 0.29) is 5.91 Å². The van der Waals surface area contributed by atoms with Crippen molar-refractivity contribution >= 4 is 11.9 Å². The van der Waals surface area contributed by atoms with Crippen LogP contribution in [0, 0.1) is 0 Å². The first-order valence-corrected chi connectivity index (χ1v) is 6.36. The number of amides is 1. The minimum atomic E-state index is -0.975. The lowest BCUT2D eigenvalue weighted by Crippen LogP contribution is -2.54. The molecular weight excluding hydrogens is 234 g/mol. The Morgan fingerprint density at radius 1 is 1.22 bits per heavy atom. The first-order chi connectivity index (χ1) is 8.40. The molecule has 6 nitrogen and oxygen atoms in total. The minimum Gasteiger partial charge on any atom is -0.480 e. The molecule has 18 heavy (non-hydrogen) atoms. The van der Waals surface area contributed by atoms with Gasteiger partial charge in [0.15, 0.2) is 0 Å². The highest BCUT2D eigenvalue weighted by molar-refractivity contribution is 5.82. The summed E-state index contributed by atoms with van der Waals surface area (Å²) < 4.78 is 0. The van der Waals surface area contributed by atoms with E-state index in [2.05, 4.69) is 29.0 Å². The number of hydrogen-bond donors (Lipinski definition) is 2. The van der Waals surface area contributed by atoms with E-state index < -0.39 is 12.0 Å². The third-order valence-corrected chi connectivity index (χ3v) is 3.25. The number of piperazine rings is 1. The van der Waals surface area contributed by atoms with Crippen molar-refractivity contribution in [1.82, 2.24) is 15.1 Å². The average molecular weight is 257 g/mol. The third kappa shape index (κ3) is 4.62. The zero-order valence-electron chi connectivity index (χ0n) is 11.3. The number of carbonyl (C=O) groups excluding carboxylic acids is 1. The van der Waals surface area contributed by atoms with E-state index >= 15 is 0 Å². The molecule has 1 saturated heterocycles. The first kappa shape index (κ1) is 14.9. The Balaban J connectivity index is 2.42. The third-order valence-electron chi connectivity index (χ3n) is 3.25. The van der Waals surface area contributed by atoms with E-state index in [1.807, 2.05) is 0 Å². The molecule has 0 aromatic carbocycles. The van der Waals surface area contributed by atoms with E-state index in [4.69, 9.17) is 5.11 Å². The lowest BCUT2D eigenvalue weighted by atomic mass is 10.2. The van der Waals surface area contributed by atoms with E-state index in [9.17, 15) is 9.59 Å². The summed E-state index contributed by atoms with van der Waals surface area (Å²) in [6, 6.07) is -0.286. The van der Waals surface area contributed by atoms with Gasteiger partial charge in [0.2, 0.25) is 5.91 Å². The Kier molecular flexibility index (Phi) is 5.55. The van der Waals surface area contributed by atoms with Gasteiger partial charge in [-0.15, -0.1) is 0 Å². The maximum absolute atomic E-state index is 11.0. The largest absolute Gasteiger partial charge is 0.480 e. The maximum atomic E-state index is 11.0. The van der Waals surface area contributed by atoms with Crippen LogP contribution in [-0.2, 0) is 9.59 Å². The molecule has 0 aromatic heterocycles. The van der Waals surface area contributed by atoms with Crippen molar-refractivity contribution in [2.75, 3.05) is 32.7 Å². The lowest BCUT2D eigenvalue weighted by molar-refractivity contribution is -0.142. The molecule has 0 saturated carbocycles. The van der Waals surface area contributed by atoms with Gasteiger partial charge in [-0.05, 0) is 13.8 Å². The van der Waals surface area contributed by atoms with Crippen LogP contribution in [0.15, 0.2) is 0 Å². The van der Waals surface area contributed by atoms with Gasteiger partial charge in [-0.1, -0.05) is 0 Å². The van der Waals surface area contributed by atoms with Crippen molar-refractivity contribution < 1.29 is 14.7 Å². The highest BCUT2D eigenvalue weighted by atomic mass is 16.4. The SMILES string of the molecule is CC(=O)NC(CN1CCN(C(C)C)CC1)C(=O)O. The summed E-state index contributed by atoms with van der Waals surface area (Å²) in [5.41, 5.74) is 0. The Morgan fingerprint density at radius 3 is 2.17 bits per heavy atom. The van der Waals surface area contributed by atoms with Crippen LogP contribution < -0.4 is 5.32 Å². The number of nitrogens with one attached hydrogen (secondary N) is 1. The lowest BCUT2D eigenvalue weighted by Gasteiger charge is -2.37. The summed E-state index contributed by atoms with van der Waals surface area (Å²) in [4.78, 5) is 26.4. The van der Waals surface area contributed by atoms with Crippen LogP contribution in [0.2, 0.25) is 0 Å². The van der Waals surface area contributed by atoms with E-state index in [1.165, 1.54) is 6.92 Å². The summed E-state index contributed by atoms with van der Waals surface area (Å²) in [5, 5.41) is 11.5. The number of rotatable bonds is 5. The van der Waals surface area contributed by atoms with Crippen LogP contribution >= 0.6 is 0 Å². The Bertz CT molecular complexity index is 299. The van der Waals surface area contributed by atoms with E-state index in [0.717, 1.165) is 26.2 Å². The first-order valence-electron chi connectivity index (χ1n) is 6.36. The number of nitrogens with zero attached hydrogens (tertiary/aromatic N) is 2. The molecule has 1 aliphatic rings. The molecule has 0 radical (unpaired) electrons. The van der Waals surface area contributed by atoms with Gasteiger partial charge in [0, 0.05) is 45.7 Å². The summed E-state index contributed by atoms with van der Waals surface area (Å²) >= 11 is 0. The van der Waals surface area contributed by atoms with Gasteiger partial charge in [-0.25, -0.2) is 4.79 Å². The summed E-state index contributed by atoms with van der Waals surface area (Å²) in [6.07, 6.45) is 0. The van der Waals surface area contributed by atoms with Gasteiger partial charge >= 0.3 is 5.97 Å². The number of carboxylic acid groups (broad SMARTS) is 1. The fourth-order valence-corrected chi connectivity index (χ4v) is 2.15. The molecule has 0 aliphatic carbocycles. The molecule has 1 unspecified atom stereocenters. The number of hydrogen-bond acceptors (Lipinski definition) is 4. The maximum Gasteiger partial charge on any atom is 0.327 e. The molecule has 0 bridgehead atoms. The van der Waals surface area contributed by atoms with Crippen molar-refractivity contribution in [2.45, 2.75) is 32.9 Å². The fraction of sp³-hybridized carbons (Fsp3) is 0.833. The molecule has 104 valence electrons. The Morgan fingerprint density at radius 2 is 1.78 bits per heavy atom. The zero-order valence-corrected chi connectivity index (χ0v) is 11.3. The molecule has 1 aliphatic heterocycles. The van der Waals surface area contributed by atoms with Gasteiger partial charge < -0.3 is 10.4 Å². The summed E-state index contributed by atoms with van der Waals surface area (Å²) in [7, 11) is 0. The zero-order chi connectivity index (χ0) is 13.7. The predicted octanol–water partition coefficient (Wildman–Crippen LogP) is -0.398. The Labute approximate surface area is 108 Å². The topological polar surface area (TPSA) is 72.9 Å². The highest BCUT2D eigenvalue weighted by Crippen LogP contribution is 2.06. The smallest absolute Gasteiger partial charge is 0.327 e. The van der Waals surface area contributed by atoms with Crippen LogP contribution in [0.4, 0.5) is 0 Å². The number of aliphatic carboxylic acids is 1. The summed E-state index contributed by atoms with van der Waals surface area (Å²) in [6.45, 7) is 9.63. The van der Waals surface area contributed by atoms with Crippen LogP contribution in [-0.4, -0.2) is 71.6 Å².